The summed E-state index contributed by atoms with van der Waals surface area (Å²) in [7, 11) is 0. The SMILES string of the molecule is CCCCC(=O)c1cc(/N=N/c2c(-c3ccccc3)nn(C(C)(C)C)c2O)ccc1/N=N/c1ccc(CCC(C)C)cc1. The lowest BCUT2D eigenvalue weighted by Gasteiger charge is -2.19. The van der Waals surface area contributed by atoms with Crippen LogP contribution >= 0.6 is 0 Å². The third kappa shape index (κ3) is 8.31. The van der Waals surface area contributed by atoms with E-state index < -0.39 is 5.54 Å². The lowest BCUT2D eigenvalue weighted by molar-refractivity contribution is 0.0980. The van der Waals surface area contributed by atoms with Gasteiger partial charge in [0.15, 0.2) is 11.5 Å². The maximum Gasteiger partial charge on any atom is 0.239 e. The number of azo groups is 2. The Morgan fingerprint density at radius 3 is 2.23 bits per heavy atom. The molecule has 0 unspecified atom stereocenters. The summed E-state index contributed by atoms with van der Waals surface area (Å²) in [6, 6.07) is 22.8. The molecule has 0 radical (unpaired) electrons. The standard InChI is InChI=1S/C35H42N6O2/c1-7-8-14-31(42)29-23-28(21-22-30(29)38-36-27-19-17-25(18-20-27)16-15-24(2)3)37-39-33-32(26-12-10-9-11-13-26)40-41(34(33)43)35(4,5)6/h9-13,17-24,43H,7-8,14-16H2,1-6H3/b38-36+,39-37+. The molecule has 1 N–H and O–H groups in total. The van der Waals surface area contributed by atoms with Crippen LogP contribution in [-0.4, -0.2) is 20.7 Å². The Morgan fingerprint density at radius 1 is 0.907 bits per heavy atom. The molecule has 43 heavy (non-hydrogen) atoms. The zero-order chi connectivity index (χ0) is 31.0. The summed E-state index contributed by atoms with van der Waals surface area (Å²) in [6.07, 6.45) is 4.26. The second-order valence-corrected chi connectivity index (χ2v) is 12.2. The molecule has 0 aliphatic heterocycles. The van der Waals surface area contributed by atoms with Gasteiger partial charge in [0.2, 0.25) is 5.88 Å². The third-order valence-electron chi connectivity index (χ3n) is 7.04. The van der Waals surface area contributed by atoms with Crippen molar-refractivity contribution in [3.63, 3.8) is 0 Å². The van der Waals surface area contributed by atoms with Crippen LogP contribution in [0.25, 0.3) is 11.3 Å². The van der Waals surface area contributed by atoms with Gasteiger partial charge >= 0.3 is 0 Å². The Hall–Kier alpha value is -4.46. The minimum atomic E-state index is -0.471. The van der Waals surface area contributed by atoms with E-state index in [1.807, 2.05) is 63.2 Å². The number of nitrogens with zero attached hydrogens (tertiary/aromatic N) is 6. The summed E-state index contributed by atoms with van der Waals surface area (Å²) in [6.45, 7) is 12.4. The number of aromatic nitrogens is 2. The van der Waals surface area contributed by atoms with Crippen LogP contribution in [0.1, 0.15) is 83.1 Å². The van der Waals surface area contributed by atoms with E-state index in [4.69, 9.17) is 0 Å². The Bertz CT molecular complexity index is 1580. The molecular weight excluding hydrogens is 536 g/mol. The Balaban J connectivity index is 1.66. The molecule has 8 heteroatoms. The van der Waals surface area contributed by atoms with Gasteiger partial charge in [-0.1, -0.05) is 69.7 Å². The normalized spacial score (nSPS) is 12.2. The van der Waals surface area contributed by atoms with Crippen molar-refractivity contribution in [2.75, 3.05) is 0 Å². The monoisotopic (exact) mass is 578 g/mol. The predicted octanol–water partition coefficient (Wildman–Crippen LogP) is 10.8. The maximum absolute atomic E-state index is 13.2. The van der Waals surface area contributed by atoms with Crippen LogP contribution in [0, 0.1) is 5.92 Å². The summed E-state index contributed by atoms with van der Waals surface area (Å²) in [5.74, 6) is 0.559. The van der Waals surface area contributed by atoms with E-state index in [9.17, 15) is 9.90 Å². The number of hydrogen-bond donors (Lipinski definition) is 1. The molecule has 0 amide bonds. The van der Waals surface area contributed by atoms with Crippen LogP contribution in [0.15, 0.2) is 93.3 Å². The third-order valence-corrected chi connectivity index (χ3v) is 7.04. The molecule has 0 aliphatic rings. The molecule has 224 valence electrons. The van der Waals surface area contributed by atoms with E-state index in [0.717, 1.165) is 36.9 Å². The van der Waals surface area contributed by atoms with Crippen molar-refractivity contribution in [2.45, 2.75) is 79.2 Å². The number of unbranched alkanes of at least 4 members (excludes halogenated alkanes) is 1. The van der Waals surface area contributed by atoms with Gasteiger partial charge in [-0.05, 0) is 81.8 Å². The molecule has 0 spiro atoms. The molecule has 4 aromatic rings. The molecule has 4 rings (SSSR count). The molecule has 8 nitrogen and oxygen atoms in total. The fraction of sp³-hybridized carbons (Fsp3) is 0.371. The summed E-state index contributed by atoms with van der Waals surface area (Å²) < 4.78 is 1.55. The molecular formula is C35H42N6O2. The minimum absolute atomic E-state index is 0.0229. The molecule has 0 saturated carbocycles. The van der Waals surface area contributed by atoms with Gasteiger partial charge in [0.1, 0.15) is 5.69 Å². The number of hydrogen-bond acceptors (Lipinski definition) is 7. The Kier molecular flexibility index (Phi) is 10.3. The van der Waals surface area contributed by atoms with Gasteiger partial charge in [0.25, 0.3) is 0 Å². The van der Waals surface area contributed by atoms with Gasteiger partial charge in [0, 0.05) is 17.5 Å². The summed E-state index contributed by atoms with van der Waals surface area (Å²) >= 11 is 0. The van der Waals surface area contributed by atoms with Crippen molar-refractivity contribution in [1.82, 2.24) is 9.78 Å². The predicted molar refractivity (Wildman–Crippen MR) is 173 cm³/mol. The van der Waals surface area contributed by atoms with Crippen LogP contribution in [0.4, 0.5) is 22.7 Å². The number of ketones is 1. The molecule has 3 aromatic carbocycles. The fourth-order valence-electron chi connectivity index (χ4n) is 4.52. The number of benzene rings is 3. The summed E-state index contributed by atoms with van der Waals surface area (Å²) in [5, 5.41) is 33.5. The highest BCUT2D eigenvalue weighted by Crippen LogP contribution is 2.41. The number of carbonyl (C=O) groups excluding carboxylic acids is 1. The number of Topliss-reactive ketones (excluding diaryl/α,β-unsaturated/α-hetero) is 1. The first-order valence-corrected chi connectivity index (χ1v) is 15.0. The van der Waals surface area contributed by atoms with Gasteiger partial charge in [-0.25, -0.2) is 4.68 Å². The molecule has 0 aliphatic carbocycles. The molecule has 1 heterocycles. The van der Waals surface area contributed by atoms with E-state index in [2.05, 4.69) is 58.5 Å². The highest BCUT2D eigenvalue weighted by molar-refractivity contribution is 6.01. The van der Waals surface area contributed by atoms with Crippen LogP contribution in [0.3, 0.4) is 0 Å². The smallest absolute Gasteiger partial charge is 0.239 e. The van der Waals surface area contributed by atoms with Gasteiger partial charge in [-0.15, -0.1) is 10.2 Å². The van der Waals surface area contributed by atoms with Crippen LogP contribution in [0.5, 0.6) is 5.88 Å². The quantitative estimate of drug-likeness (QED) is 0.133. The van der Waals surface area contributed by atoms with Gasteiger partial charge < -0.3 is 5.11 Å². The molecule has 0 atom stereocenters. The van der Waals surface area contributed by atoms with Crippen molar-refractivity contribution in [1.29, 1.82) is 0 Å². The van der Waals surface area contributed by atoms with Crippen LogP contribution < -0.4 is 0 Å². The van der Waals surface area contributed by atoms with Crippen LogP contribution in [0.2, 0.25) is 0 Å². The maximum atomic E-state index is 13.2. The fourth-order valence-corrected chi connectivity index (χ4v) is 4.52. The van der Waals surface area contributed by atoms with E-state index in [0.29, 0.717) is 35.0 Å². The first kappa shape index (κ1) is 31.5. The molecule has 0 bridgehead atoms. The van der Waals surface area contributed by atoms with Crippen molar-refractivity contribution in [2.24, 2.45) is 26.4 Å². The van der Waals surface area contributed by atoms with Crippen molar-refractivity contribution >= 4 is 28.5 Å². The van der Waals surface area contributed by atoms with Crippen molar-refractivity contribution in [3.8, 4) is 17.1 Å². The highest BCUT2D eigenvalue weighted by atomic mass is 16.3. The number of aryl methyl sites for hydroxylation is 1. The highest BCUT2D eigenvalue weighted by Gasteiger charge is 2.26. The molecule has 0 saturated heterocycles. The summed E-state index contributed by atoms with van der Waals surface area (Å²) in [5.41, 5.74) is 4.52. The lowest BCUT2D eigenvalue weighted by Crippen LogP contribution is -2.22. The first-order valence-electron chi connectivity index (χ1n) is 15.0. The van der Waals surface area contributed by atoms with Gasteiger partial charge in [0.05, 0.1) is 22.6 Å². The largest absolute Gasteiger partial charge is 0.492 e. The topological polar surface area (TPSA) is 105 Å². The number of carbonyl (C=O) groups is 1. The molecule has 0 fully saturated rings. The number of aromatic hydroxyl groups is 1. The van der Waals surface area contributed by atoms with E-state index in [1.54, 1.807) is 22.9 Å². The lowest BCUT2D eigenvalue weighted by atomic mass is 10.0. The zero-order valence-corrected chi connectivity index (χ0v) is 26.1. The first-order chi connectivity index (χ1) is 20.6. The minimum Gasteiger partial charge on any atom is -0.492 e. The van der Waals surface area contributed by atoms with Gasteiger partial charge in [-0.3, -0.25) is 4.79 Å². The molecule has 1 aromatic heterocycles. The van der Waals surface area contributed by atoms with E-state index >= 15 is 0 Å². The second kappa shape index (κ2) is 14.1. The van der Waals surface area contributed by atoms with Crippen LogP contribution in [-0.2, 0) is 12.0 Å². The van der Waals surface area contributed by atoms with Crippen molar-refractivity contribution < 1.29 is 9.90 Å². The Morgan fingerprint density at radius 2 is 1.58 bits per heavy atom. The summed E-state index contributed by atoms with van der Waals surface area (Å²) in [4.78, 5) is 13.2. The van der Waals surface area contributed by atoms with E-state index in [-0.39, 0.29) is 17.4 Å². The van der Waals surface area contributed by atoms with E-state index in [1.165, 1.54) is 5.56 Å². The van der Waals surface area contributed by atoms with Gasteiger partial charge in [-0.2, -0.15) is 15.3 Å². The average molecular weight is 579 g/mol. The zero-order valence-electron chi connectivity index (χ0n) is 26.1. The van der Waals surface area contributed by atoms with Crippen molar-refractivity contribution in [3.05, 3.63) is 83.9 Å². The average Bonchev–Trinajstić information content (AvgIpc) is 3.34. The second-order valence-electron chi connectivity index (χ2n) is 12.2. The Labute approximate surface area is 254 Å². The number of rotatable bonds is 12.